The summed E-state index contributed by atoms with van der Waals surface area (Å²) >= 11 is 0. The van der Waals surface area contributed by atoms with Gasteiger partial charge in [-0.2, -0.15) is 0 Å². The van der Waals surface area contributed by atoms with Crippen molar-refractivity contribution < 1.29 is 0 Å². The Bertz CT molecular complexity index is 388. The van der Waals surface area contributed by atoms with Crippen LogP contribution in [0.5, 0.6) is 0 Å². The molecular weight excluding hydrogens is 168 g/mol. The molecule has 0 amide bonds. The topological polar surface area (TPSA) is 0 Å². The Kier molecular flexibility index (Phi) is 1.74. The van der Waals surface area contributed by atoms with Gasteiger partial charge in [0.1, 0.15) is 0 Å². The van der Waals surface area contributed by atoms with Crippen LogP contribution >= 0.6 is 0 Å². The highest BCUT2D eigenvalue weighted by Gasteiger charge is 2.25. The standard InChI is InChI=1S/C14H18/c1-9-6-7-12-8-11-4-3-5-13(11)10(2)14(9)12/h8-9H,3-7H2,1-2H3/t9-/m0/s1. The Balaban J connectivity index is 2.25. The molecule has 74 valence electrons. The monoisotopic (exact) mass is 186 g/mol. The molecule has 0 fully saturated rings. The van der Waals surface area contributed by atoms with Crippen molar-refractivity contribution in [2.24, 2.45) is 0 Å². The van der Waals surface area contributed by atoms with Gasteiger partial charge in [-0.3, -0.25) is 0 Å². The Hall–Kier alpha value is -0.780. The van der Waals surface area contributed by atoms with E-state index in [9.17, 15) is 0 Å². The van der Waals surface area contributed by atoms with Crippen LogP contribution in [0.4, 0.5) is 0 Å². The van der Waals surface area contributed by atoms with Crippen molar-refractivity contribution in [3.63, 3.8) is 0 Å². The second-order valence-electron chi connectivity index (χ2n) is 5.01. The van der Waals surface area contributed by atoms with Gasteiger partial charge in [0.15, 0.2) is 0 Å². The molecule has 2 aliphatic carbocycles. The number of rotatable bonds is 0. The Morgan fingerprint density at radius 2 is 2.00 bits per heavy atom. The van der Waals surface area contributed by atoms with E-state index in [4.69, 9.17) is 0 Å². The summed E-state index contributed by atoms with van der Waals surface area (Å²) in [5.41, 5.74) is 8.36. The lowest BCUT2D eigenvalue weighted by atomic mass is 9.92. The highest BCUT2D eigenvalue weighted by Crippen LogP contribution is 2.40. The fourth-order valence-corrected chi connectivity index (χ4v) is 3.46. The van der Waals surface area contributed by atoms with Crippen molar-refractivity contribution in [1.82, 2.24) is 0 Å². The van der Waals surface area contributed by atoms with Crippen molar-refractivity contribution in [2.75, 3.05) is 0 Å². The Labute approximate surface area is 86.3 Å². The minimum absolute atomic E-state index is 0.816. The van der Waals surface area contributed by atoms with E-state index in [0.29, 0.717) is 0 Å². The number of hydrogen-bond donors (Lipinski definition) is 0. The van der Waals surface area contributed by atoms with Gasteiger partial charge in [-0.25, -0.2) is 0 Å². The molecule has 3 rings (SSSR count). The highest BCUT2D eigenvalue weighted by molar-refractivity contribution is 5.50. The van der Waals surface area contributed by atoms with Crippen LogP contribution in [-0.2, 0) is 19.3 Å². The third-order valence-corrected chi connectivity index (χ3v) is 4.15. The van der Waals surface area contributed by atoms with Crippen molar-refractivity contribution >= 4 is 0 Å². The molecule has 1 atom stereocenters. The number of benzene rings is 1. The lowest BCUT2D eigenvalue weighted by Gasteiger charge is -2.13. The molecular formula is C14H18. The minimum atomic E-state index is 0.816. The maximum absolute atomic E-state index is 2.51. The van der Waals surface area contributed by atoms with Crippen molar-refractivity contribution in [1.29, 1.82) is 0 Å². The summed E-state index contributed by atoms with van der Waals surface area (Å²) in [6.07, 6.45) is 6.75. The predicted octanol–water partition coefficient (Wildman–Crippen LogP) is 3.53. The normalized spacial score (nSPS) is 23.7. The molecule has 2 aliphatic rings. The number of aryl methyl sites for hydroxylation is 2. The summed E-state index contributed by atoms with van der Waals surface area (Å²) < 4.78 is 0. The number of fused-ring (bicyclic) bond motifs is 2. The highest BCUT2D eigenvalue weighted by atomic mass is 14.3. The quantitative estimate of drug-likeness (QED) is 0.581. The van der Waals surface area contributed by atoms with Crippen LogP contribution in [0.1, 0.15) is 53.5 Å². The van der Waals surface area contributed by atoms with Crippen LogP contribution in [-0.4, -0.2) is 0 Å². The molecule has 0 spiro atoms. The summed E-state index contributed by atoms with van der Waals surface area (Å²) in [6, 6.07) is 2.51. The van der Waals surface area contributed by atoms with Crippen LogP contribution in [0, 0.1) is 6.92 Å². The molecule has 0 nitrogen and oxygen atoms in total. The van der Waals surface area contributed by atoms with Gasteiger partial charge in [0, 0.05) is 0 Å². The maximum atomic E-state index is 2.51. The zero-order valence-corrected chi connectivity index (χ0v) is 9.19. The predicted molar refractivity (Wildman–Crippen MR) is 59.9 cm³/mol. The first-order valence-corrected chi connectivity index (χ1v) is 5.91. The van der Waals surface area contributed by atoms with E-state index >= 15 is 0 Å². The SMILES string of the molecule is Cc1c2c(cc3c1[C@@H](C)CC3)CCC2. The van der Waals surface area contributed by atoms with E-state index in [1.807, 2.05) is 0 Å². The van der Waals surface area contributed by atoms with Crippen LogP contribution in [0.15, 0.2) is 6.07 Å². The molecule has 0 radical (unpaired) electrons. The van der Waals surface area contributed by atoms with E-state index in [1.54, 1.807) is 27.8 Å². The molecule has 0 heterocycles. The second-order valence-corrected chi connectivity index (χ2v) is 5.01. The van der Waals surface area contributed by atoms with Crippen LogP contribution in [0.2, 0.25) is 0 Å². The van der Waals surface area contributed by atoms with E-state index in [2.05, 4.69) is 19.9 Å². The molecule has 0 saturated carbocycles. The van der Waals surface area contributed by atoms with Crippen molar-refractivity contribution in [3.05, 3.63) is 33.9 Å². The van der Waals surface area contributed by atoms with Crippen LogP contribution < -0.4 is 0 Å². The molecule has 0 unspecified atom stereocenters. The van der Waals surface area contributed by atoms with Gasteiger partial charge in [0.25, 0.3) is 0 Å². The summed E-state index contributed by atoms with van der Waals surface area (Å²) in [5.74, 6) is 0.816. The van der Waals surface area contributed by atoms with E-state index in [1.165, 1.54) is 32.1 Å². The van der Waals surface area contributed by atoms with Gasteiger partial charge in [-0.15, -0.1) is 0 Å². The third kappa shape index (κ3) is 1.00. The average molecular weight is 186 g/mol. The Morgan fingerprint density at radius 1 is 1.14 bits per heavy atom. The lowest BCUT2D eigenvalue weighted by Crippen LogP contribution is -1.97. The summed E-state index contributed by atoms with van der Waals surface area (Å²) in [7, 11) is 0. The van der Waals surface area contributed by atoms with Gasteiger partial charge in [0.05, 0.1) is 0 Å². The van der Waals surface area contributed by atoms with Gasteiger partial charge in [-0.05, 0) is 72.8 Å². The van der Waals surface area contributed by atoms with E-state index < -0.39 is 0 Å². The van der Waals surface area contributed by atoms with Gasteiger partial charge in [-0.1, -0.05) is 13.0 Å². The Morgan fingerprint density at radius 3 is 2.86 bits per heavy atom. The van der Waals surface area contributed by atoms with Gasteiger partial charge in [0.2, 0.25) is 0 Å². The van der Waals surface area contributed by atoms with E-state index in [0.717, 1.165) is 5.92 Å². The molecule has 0 bridgehead atoms. The molecule has 0 heteroatoms. The van der Waals surface area contributed by atoms with Crippen LogP contribution in [0.3, 0.4) is 0 Å². The first kappa shape index (κ1) is 8.52. The zero-order valence-electron chi connectivity index (χ0n) is 9.19. The smallest absolute Gasteiger partial charge is 0.0182 e. The average Bonchev–Trinajstić information content (AvgIpc) is 2.74. The lowest BCUT2D eigenvalue weighted by molar-refractivity contribution is 0.742. The van der Waals surface area contributed by atoms with Crippen LogP contribution in [0.25, 0.3) is 0 Å². The summed E-state index contributed by atoms with van der Waals surface area (Å²) in [5, 5.41) is 0. The van der Waals surface area contributed by atoms with Gasteiger partial charge < -0.3 is 0 Å². The van der Waals surface area contributed by atoms with E-state index in [-0.39, 0.29) is 0 Å². The summed E-state index contributed by atoms with van der Waals surface area (Å²) in [6.45, 7) is 4.74. The largest absolute Gasteiger partial charge is 0.0584 e. The molecule has 14 heavy (non-hydrogen) atoms. The number of hydrogen-bond acceptors (Lipinski definition) is 0. The molecule has 0 N–H and O–H groups in total. The molecule has 0 aromatic heterocycles. The molecule has 0 aliphatic heterocycles. The van der Waals surface area contributed by atoms with Gasteiger partial charge >= 0.3 is 0 Å². The second kappa shape index (κ2) is 2.85. The first-order chi connectivity index (χ1) is 6.77. The third-order valence-electron chi connectivity index (χ3n) is 4.15. The first-order valence-electron chi connectivity index (χ1n) is 5.91. The molecule has 1 aromatic rings. The maximum Gasteiger partial charge on any atom is -0.0182 e. The molecule has 0 saturated heterocycles. The fourth-order valence-electron chi connectivity index (χ4n) is 3.46. The molecule has 1 aromatic carbocycles. The minimum Gasteiger partial charge on any atom is -0.0584 e. The summed E-state index contributed by atoms with van der Waals surface area (Å²) in [4.78, 5) is 0. The van der Waals surface area contributed by atoms with Crippen molar-refractivity contribution in [3.8, 4) is 0 Å². The fraction of sp³-hybridized carbons (Fsp3) is 0.571. The van der Waals surface area contributed by atoms with Crippen molar-refractivity contribution in [2.45, 2.75) is 51.9 Å². The zero-order chi connectivity index (χ0) is 9.71.